The summed E-state index contributed by atoms with van der Waals surface area (Å²) in [7, 11) is -3.06. The van der Waals surface area contributed by atoms with Crippen LogP contribution in [0.3, 0.4) is 0 Å². The Kier molecular flexibility index (Phi) is 3.60. The van der Waals surface area contributed by atoms with Crippen LogP contribution in [0.5, 0.6) is 0 Å². The van der Waals surface area contributed by atoms with Crippen molar-refractivity contribution in [1.82, 2.24) is 0 Å². The molecule has 0 radical (unpaired) electrons. The Hall–Kier alpha value is -0.480. The smallest absolute Gasteiger partial charge is 0.175 e. The van der Waals surface area contributed by atoms with E-state index in [9.17, 15) is 8.42 Å². The van der Waals surface area contributed by atoms with Crippen LogP contribution in [0.4, 0.5) is 0 Å². The van der Waals surface area contributed by atoms with Gasteiger partial charge >= 0.3 is 0 Å². The second kappa shape index (κ2) is 4.80. The zero-order valence-corrected chi connectivity index (χ0v) is 11.0. The fourth-order valence-corrected chi connectivity index (χ4v) is 3.84. The summed E-state index contributed by atoms with van der Waals surface area (Å²) < 4.78 is 22.6. The lowest BCUT2D eigenvalue weighted by molar-refractivity contribution is 0.602. The summed E-state index contributed by atoms with van der Waals surface area (Å²) in [6, 6.07) is 7.23. The van der Waals surface area contributed by atoms with Gasteiger partial charge in [-0.25, -0.2) is 8.42 Å². The Bertz CT molecular complexity index is 442. The molecular weight excluding hydrogens is 240 g/mol. The molecule has 4 heteroatoms. The van der Waals surface area contributed by atoms with Crippen LogP contribution in [0.2, 0.25) is 0 Å². The molecule has 1 saturated carbocycles. The van der Waals surface area contributed by atoms with Crippen molar-refractivity contribution < 1.29 is 8.42 Å². The molecule has 16 heavy (non-hydrogen) atoms. The molecular formula is C12H16O2S2. The molecule has 1 aliphatic rings. The van der Waals surface area contributed by atoms with E-state index in [-0.39, 0.29) is 0 Å². The van der Waals surface area contributed by atoms with Gasteiger partial charge in [0.05, 0.1) is 4.90 Å². The lowest BCUT2D eigenvalue weighted by Crippen LogP contribution is -1.97. The molecule has 0 spiro atoms. The van der Waals surface area contributed by atoms with E-state index in [0.29, 0.717) is 4.90 Å². The van der Waals surface area contributed by atoms with Crippen LogP contribution in [0.25, 0.3) is 0 Å². The first kappa shape index (κ1) is 12.0. The molecule has 0 atom stereocenters. The van der Waals surface area contributed by atoms with E-state index in [4.69, 9.17) is 0 Å². The van der Waals surface area contributed by atoms with Gasteiger partial charge in [0.2, 0.25) is 0 Å². The summed E-state index contributed by atoms with van der Waals surface area (Å²) in [6.45, 7) is 0. The topological polar surface area (TPSA) is 34.1 Å². The van der Waals surface area contributed by atoms with Gasteiger partial charge in [-0.2, -0.15) is 0 Å². The molecule has 2 nitrogen and oxygen atoms in total. The zero-order chi connectivity index (χ0) is 11.6. The Balaban J connectivity index is 2.07. The number of hydrogen-bond donors (Lipinski definition) is 0. The van der Waals surface area contributed by atoms with Crippen molar-refractivity contribution >= 4 is 21.6 Å². The largest absolute Gasteiger partial charge is 0.224 e. The molecule has 1 aromatic carbocycles. The summed E-state index contributed by atoms with van der Waals surface area (Å²) in [5, 5.41) is 0.726. The molecule has 0 N–H and O–H groups in total. The molecule has 0 saturated heterocycles. The Morgan fingerprint density at radius 2 is 1.69 bits per heavy atom. The molecule has 88 valence electrons. The van der Waals surface area contributed by atoms with Crippen molar-refractivity contribution in [1.29, 1.82) is 0 Å². The van der Waals surface area contributed by atoms with Crippen LogP contribution in [-0.2, 0) is 9.84 Å². The quantitative estimate of drug-likeness (QED) is 0.833. The molecule has 0 aromatic heterocycles. The summed E-state index contributed by atoms with van der Waals surface area (Å²) in [5.41, 5.74) is 0. The van der Waals surface area contributed by atoms with Gasteiger partial charge in [0.25, 0.3) is 0 Å². The highest BCUT2D eigenvalue weighted by molar-refractivity contribution is 8.00. The lowest BCUT2D eigenvalue weighted by atomic mass is 10.4. The van der Waals surface area contributed by atoms with Crippen molar-refractivity contribution in [3.05, 3.63) is 24.3 Å². The summed E-state index contributed by atoms with van der Waals surface area (Å²) in [5.74, 6) is 0. The number of thioether (sulfide) groups is 1. The minimum absolute atomic E-state index is 0.406. The molecule has 2 rings (SSSR count). The third-order valence-electron chi connectivity index (χ3n) is 2.86. The third kappa shape index (κ3) is 3.01. The Morgan fingerprint density at radius 3 is 2.19 bits per heavy atom. The molecule has 1 fully saturated rings. The van der Waals surface area contributed by atoms with Crippen molar-refractivity contribution in [3.63, 3.8) is 0 Å². The van der Waals surface area contributed by atoms with Crippen LogP contribution in [0.1, 0.15) is 25.7 Å². The average molecular weight is 256 g/mol. The fraction of sp³-hybridized carbons (Fsp3) is 0.500. The van der Waals surface area contributed by atoms with E-state index in [2.05, 4.69) is 0 Å². The molecule has 1 aromatic rings. The summed E-state index contributed by atoms with van der Waals surface area (Å²) in [6.07, 6.45) is 6.49. The van der Waals surface area contributed by atoms with Gasteiger partial charge in [-0.05, 0) is 37.1 Å². The molecule has 0 bridgehead atoms. The minimum Gasteiger partial charge on any atom is -0.224 e. The normalized spacial score (nSPS) is 17.8. The van der Waals surface area contributed by atoms with E-state index in [1.807, 2.05) is 23.9 Å². The highest BCUT2D eigenvalue weighted by Crippen LogP contribution is 2.34. The van der Waals surface area contributed by atoms with Crippen LogP contribution >= 0.6 is 11.8 Å². The Labute approximate surface area is 101 Å². The lowest BCUT2D eigenvalue weighted by Gasteiger charge is -2.08. The fourth-order valence-electron chi connectivity index (χ4n) is 1.96. The number of sulfone groups is 1. The Morgan fingerprint density at radius 1 is 1.12 bits per heavy atom. The zero-order valence-electron chi connectivity index (χ0n) is 9.35. The average Bonchev–Trinajstić information content (AvgIpc) is 2.70. The van der Waals surface area contributed by atoms with Crippen molar-refractivity contribution in [3.8, 4) is 0 Å². The highest BCUT2D eigenvalue weighted by Gasteiger charge is 2.16. The van der Waals surface area contributed by atoms with Gasteiger partial charge < -0.3 is 0 Å². The van der Waals surface area contributed by atoms with E-state index >= 15 is 0 Å². The van der Waals surface area contributed by atoms with Gasteiger partial charge in [0.15, 0.2) is 9.84 Å². The van der Waals surface area contributed by atoms with E-state index in [1.54, 1.807) is 12.1 Å². The number of hydrogen-bond acceptors (Lipinski definition) is 3. The van der Waals surface area contributed by atoms with Crippen LogP contribution < -0.4 is 0 Å². The number of rotatable bonds is 3. The second-order valence-electron chi connectivity index (χ2n) is 4.27. The second-order valence-corrected chi connectivity index (χ2v) is 7.66. The predicted molar refractivity (Wildman–Crippen MR) is 67.7 cm³/mol. The minimum atomic E-state index is -3.06. The van der Waals surface area contributed by atoms with Crippen molar-refractivity contribution in [2.45, 2.75) is 40.7 Å². The van der Waals surface area contributed by atoms with Crippen molar-refractivity contribution in [2.24, 2.45) is 0 Å². The van der Waals surface area contributed by atoms with Gasteiger partial charge in [-0.1, -0.05) is 12.8 Å². The number of benzene rings is 1. The maximum absolute atomic E-state index is 11.3. The van der Waals surface area contributed by atoms with E-state index in [1.165, 1.54) is 36.8 Å². The van der Waals surface area contributed by atoms with Gasteiger partial charge in [-0.15, -0.1) is 11.8 Å². The molecule has 1 aliphatic carbocycles. The van der Waals surface area contributed by atoms with Crippen LogP contribution in [0.15, 0.2) is 34.1 Å². The first-order valence-electron chi connectivity index (χ1n) is 5.52. The van der Waals surface area contributed by atoms with Gasteiger partial charge in [-0.3, -0.25) is 0 Å². The van der Waals surface area contributed by atoms with Gasteiger partial charge in [0.1, 0.15) is 0 Å². The standard InChI is InChI=1S/C12H16O2S2/c1-16(13,14)12-8-6-11(7-9-12)15-10-4-2-3-5-10/h6-10H,2-5H2,1H3. The maximum atomic E-state index is 11.3. The van der Waals surface area contributed by atoms with Gasteiger partial charge in [0, 0.05) is 16.4 Å². The molecule has 0 heterocycles. The van der Waals surface area contributed by atoms with E-state index in [0.717, 1.165) is 5.25 Å². The SMILES string of the molecule is CS(=O)(=O)c1ccc(SC2CCCC2)cc1. The highest BCUT2D eigenvalue weighted by atomic mass is 32.2. The molecule has 0 aliphatic heterocycles. The van der Waals surface area contributed by atoms with Crippen LogP contribution in [-0.4, -0.2) is 19.9 Å². The maximum Gasteiger partial charge on any atom is 0.175 e. The van der Waals surface area contributed by atoms with Crippen LogP contribution in [0, 0.1) is 0 Å². The summed E-state index contributed by atoms with van der Waals surface area (Å²) in [4.78, 5) is 1.59. The molecule has 0 amide bonds. The summed E-state index contributed by atoms with van der Waals surface area (Å²) >= 11 is 1.88. The third-order valence-corrected chi connectivity index (χ3v) is 5.33. The molecule has 0 unspecified atom stereocenters. The predicted octanol–water partition coefficient (Wildman–Crippen LogP) is 3.12. The first-order chi connectivity index (χ1) is 7.55. The monoisotopic (exact) mass is 256 g/mol. The van der Waals surface area contributed by atoms with Crippen molar-refractivity contribution in [2.75, 3.05) is 6.26 Å². The van der Waals surface area contributed by atoms with E-state index < -0.39 is 9.84 Å². The first-order valence-corrected chi connectivity index (χ1v) is 8.29.